The fourth-order valence-corrected chi connectivity index (χ4v) is 5.34. The maximum atomic E-state index is 13.3. The maximum absolute atomic E-state index is 13.3. The van der Waals surface area contributed by atoms with Gasteiger partial charge in [0, 0.05) is 12.1 Å². The van der Waals surface area contributed by atoms with Crippen LogP contribution in [-0.4, -0.2) is 31.9 Å². The van der Waals surface area contributed by atoms with Crippen molar-refractivity contribution in [3.63, 3.8) is 0 Å². The Balaban J connectivity index is 1.78. The highest BCUT2D eigenvalue weighted by Crippen LogP contribution is 2.35. The molecule has 29 heavy (non-hydrogen) atoms. The molecule has 0 aromatic heterocycles. The van der Waals surface area contributed by atoms with Gasteiger partial charge < -0.3 is 4.74 Å². The van der Waals surface area contributed by atoms with Crippen molar-refractivity contribution >= 4 is 20.8 Å². The smallest absolute Gasteiger partial charge is 0.243 e. The number of fused-ring (bicyclic) bond motifs is 3. The molecule has 150 valence electrons. The predicted octanol–water partition coefficient (Wildman–Crippen LogP) is 4.64. The van der Waals surface area contributed by atoms with E-state index in [1.807, 2.05) is 38.1 Å². The van der Waals surface area contributed by atoms with E-state index in [4.69, 9.17) is 4.74 Å². The van der Waals surface area contributed by atoms with Crippen LogP contribution in [0.15, 0.2) is 72.1 Å². The first-order chi connectivity index (χ1) is 13.9. The van der Waals surface area contributed by atoms with Gasteiger partial charge in [0.15, 0.2) is 0 Å². The minimum Gasteiger partial charge on any atom is -0.484 e. The van der Waals surface area contributed by atoms with E-state index in [0.29, 0.717) is 17.9 Å². The van der Waals surface area contributed by atoms with E-state index in [0.717, 1.165) is 33.2 Å². The average Bonchev–Trinajstić information content (AvgIpc) is 2.69. The van der Waals surface area contributed by atoms with Crippen molar-refractivity contribution in [1.82, 2.24) is 4.31 Å². The standard InChI is InChI=1S/C24H25NO3S/c1-4-20-16-25(29(26,27)21-11-9-17(2)10-12-21)14-13-23-22-8-6-5-7-19(22)15-18(3)24(23)28-20/h4-12,15,20H,1,13-14,16H2,2-3H3/t20-/m1/s1. The van der Waals surface area contributed by atoms with E-state index in [9.17, 15) is 8.42 Å². The summed E-state index contributed by atoms with van der Waals surface area (Å²) in [7, 11) is -3.62. The van der Waals surface area contributed by atoms with Crippen LogP contribution in [0.4, 0.5) is 0 Å². The third kappa shape index (κ3) is 3.68. The van der Waals surface area contributed by atoms with Gasteiger partial charge in [-0.15, -0.1) is 0 Å². The van der Waals surface area contributed by atoms with Crippen LogP contribution in [0.5, 0.6) is 5.75 Å². The minimum absolute atomic E-state index is 0.241. The molecular formula is C24H25NO3S. The number of sulfonamides is 1. The summed E-state index contributed by atoms with van der Waals surface area (Å²) in [6.45, 7) is 8.49. The molecule has 0 saturated carbocycles. The molecule has 3 aromatic carbocycles. The van der Waals surface area contributed by atoms with Gasteiger partial charge in [0.2, 0.25) is 10.0 Å². The van der Waals surface area contributed by atoms with Crippen molar-refractivity contribution in [2.45, 2.75) is 31.3 Å². The van der Waals surface area contributed by atoms with Crippen LogP contribution in [0.25, 0.3) is 10.8 Å². The molecule has 0 aliphatic carbocycles. The molecule has 3 aromatic rings. The summed E-state index contributed by atoms with van der Waals surface area (Å²) in [6.07, 6.45) is 1.85. The topological polar surface area (TPSA) is 46.6 Å². The first-order valence-corrected chi connectivity index (χ1v) is 11.2. The van der Waals surface area contributed by atoms with Crippen molar-refractivity contribution < 1.29 is 13.2 Å². The number of ether oxygens (including phenoxy) is 1. The molecule has 0 amide bonds. The van der Waals surface area contributed by atoms with Gasteiger partial charge in [0.05, 0.1) is 11.4 Å². The Kier molecular flexibility index (Phi) is 5.19. The molecule has 0 spiro atoms. The van der Waals surface area contributed by atoms with Crippen LogP contribution in [0.1, 0.15) is 16.7 Å². The van der Waals surface area contributed by atoms with Crippen molar-refractivity contribution in [3.8, 4) is 5.75 Å². The number of hydrogen-bond donors (Lipinski definition) is 0. The zero-order valence-corrected chi connectivity index (χ0v) is 17.6. The summed E-state index contributed by atoms with van der Waals surface area (Å²) < 4.78 is 34.4. The van der Waals surface area contributed by atoms with Crippen LogP contribution >= 0.6 is 0 Å². The monoisotopic (exact) mass is 407 g/mol. The lowest BCUT2D eigenvalue weighted by atomic mass is 9.97. The molecule has 1 aliphatic heterocycles. The first kappa shape index (κ1) is 19.7. The maximum Gasteiger partial charge on any atom is 0.243 e. The van der Waals surface area contributed by atoms with Gasteiger partial charge in [-0.25, -0.2) is 8.42 Å². The summed E-state index contributed by atoms with van der Waals surface area (Å²) in [4.78, 5) is 0.306. The SMILES string of the molecule is C=C[C@@H]1CN(S(=O)(=O)c2ccc(C)cc2)CCc2c(c(C)cc3ccccc23)O1. The van der Waals surface area contributed by atoms with Gasteiger partial charge >= 0.3 is 0 Å². The Morgan fingerprint density at radius 2 is 1.83 bits per heavy atom. The number of hydrogen-bond acceptors (Lipinski definition) is 3. The number of rotatable bonds is 3. The molecule has 4 rings (SSSR count). The lowest BCUT2D eigenvalue weighted by molar-refractivity contribution is 0.200. The second-order valence-corrected chi connectivity index (χ2v) is 9.48. The van der Waals surface area contributed by atoms with Gasteiger partial charge in [0.1, 0.15) is 11.9 Å². The number of nitrogens with zero attached hydrogens (tertiary/aromatic N) is 1. The van der Waals surface area contributed by atoms with Gasteiger partial charge in [-0.05, 0) is 54.8 Å². The molecule has 1 atom stereocenters. The molecule has 1 aliphatic rings. The quantitative estimate of drug-likeness (QED) is 0.595. The fourth-order valence-electron chi connectivity index (χ4n) is 3.89. The zero-order valence-electron chi connectivity index (χ0n) is 16.8. The normalized spacial score (nSPS) is 17.8. The van der Waals surface area contributed by atoms with E-state index in [1.54, 1.807) is 18.2 Å². The molecule has 0 saturated heterocycles. The lowest BCUT2D eigenvalue weighted by Gasteiger charge is -2.31. The van der Waals surface area contributed by atoms with E-state index in [-0.39, 0.29) is 6.54 Å². The van der Waals surface area contributed by atoms with E-state index in [2.05, 4.69) is 24.8 Å². The minimum atomic E-state index is -3.62. The third-order valence-corrected chi connectivity index (χ3v) is 7.36. The van der Waals surface area contributed by atoms with Crippen LogP contribution in [0, 0.1) is 13.8 Å². The van der Waals surface area contributed by atoms with Crippen LogP contribution in [0.3, 0.4) is 0 Å². The second-order valence-electron chi connectivity index (χ2n) is 7.54. The van der Waals surface area contributed by atoms with E-state index in [1.165, 1.54) is 4.31 Å². The van der Waals surface area contributed by atoms with E-state index < -0.39 is 16.1 Å². The van der Waals surface area contributed by atoms with Gasteiger partial charge in [-0.2, -0.15) is 4.31 Å². The highest BCUT2D eigenvalue weighted by atomic mass is 32.2. The summed E-state index contributed by atoms with van der Waals surface area (Å²) in [5.41, 5.74) is 3.14. The predicted molar refractivity (Wildman–Crippen MR) is 117 cm³/mol. The van der Waals surface area contributed by atoms with Crippen LogP contribution < -0.4 is 4.74 Å². The van der Waals surface area contributed by atoms with E-state index >= 15 is 0 Å². The highest BCUT2D eigenvalue weighted by Gasteiger charge is 2.30. The molecule has 1 heterocycles. The molecule has 0 radical (unpaired) electrons. The summed E-state index contributed by atoms with van der Waals surface area (Å²) in [5.74, 6) is 0.848. The Labute approximate surface area is 172 Å². The summed E-state index contributed by atoms with van der Waals surface area (Å²) in [6, 6.07) is 17.3. The lowest BCUT2D eigenvalue weighted by Crippen LogP contribution is -2.41. The van der Waals surface area contributed by atoms with Crippen molar-refractivity contribution in [2.24, 2.45) is 0 Å². The molecular weight excluding hydrogens is 382 g/mol. The Morgan fingerprint density at radius 1 is 1.10 bits per heavy atom. The Morgan fingerprint density at radius 3 is 2.55 bits per heavy atom. The molecule has 0 fully saturated rings. The van der Waals surface area contributed by atoms with Crippen molar-refractivity contribution in [3.05, 3.63) is 83.9 Å². The van der Waals surface area contributed by atoms with Gasteiger partial charge in [-0.1, -0.05) is 54.6 Å². The highest BCUT2D eigenvalue weighted by molar-refractivity contribution is 7.89. The summed E-state index contributed by atoms with van der Waals surface area (Å²) in [5, 5.41) is 2.24. The first-order valence-electron chi connectivity index (χ1n) is 9.77. The summed E-state index contributed by atoms with van der Waals surface area (Å²) >= 11 is 0. The Bertz CT molecular complexity index is 1170. The third-order valence-electron chi connectivity index (χ3n) is 5.48. The molecule has 4 nitrogen and oxygen atoms in total. The fraction of sp³-hybridized carbons (Fsp3) is 0.250. The van der Waals surface area contributed by atoms with Crippen molar-refractivity contribution in [2.75, 3.05) is 13.1 Å². The van der Waals surface area contributed by atoms with Gasteiger partial charge in [-0.3, -0.25) is 0 Å². The molecule has 0 N–H and O–H groups in total. The molecule has 5 heteroatoms. The number of aryl methyl sites for hydroxylation is 2. The molecule has 0 bridgehead atoms. The average molecular weight is 408 g/mol. The van der Waals surface area contributed by atoms with Gasteiger partial charge in [0.25, 0.3) is 0 Å². The second kappa shape index (κ2) is 7.65. The Hall–Kier alpha value is -2.63. The van der Waals surface area contributed by atoms with Crippen LogP contribution in [-0.2, 0) is 16.4 Å². The van der Waals surface area contributed by atoms with Crippen molar-refractivity contribution in [1.29, 1.82) is 0 Å². The largest absolute Gasteiger partial charge is 0.484 e. The number of benzene rings is 3. The zero-order chi connectivity index (χ0) is 20.6. The van der Waals surface area contributed by atoms with Crippen LogP contribution in [0.2, 0.25) is 0 Å². The molecule has 0 unspecified atom stereocenters.